The average Bonchev–Trinajstić information content (AvgIpc) is 3.21. The quantitative estimate of drug-likeness (QED) is 0.710. The SMILES string of the molecule is CCCCc1nc(CNc2ccc(F)c(-n3nnnc3C)c2)no1. The third-order valence-electron chi connectivity index (χ3n) is 3.50. The maximum Gasteiger partial charge on any atom is 0.226 e. The van der Waals surface area contributed by atoms with Crippen molar-refractivity contribution < 1.29 is 8.91 Å². The molecule has 3 rings (SSSR count). The Morgan fingerprint density at radius 3 is 2.96 bits per heavy atom. The molecule has 0 atom stereocenters. The largest absolute Gasteiger partial charge is 0.378 e. The van der Waals surface area contributed by atoms with Gasteiger partial charge in [-0.05, 0) is 42.0 Å². The number of nitrogens with one attached hydrogen (secondary N) is 1. The van der Waals surface area contributed by atoms with E-state index in [1.807, 2.05) is 0 Å². The molecule has 8 nitrogen and oxygen atoms in total. The molecular weight excluding hydrogens is 313 g/mol. The lowest BCUT2D eigenvalue weighted by atomic mass is 10.2. The molecule has 9 heteroatoms. The van der Waals surface area contributed by atoms with Gasteiger partial charge in [-0.3, -0.25) is 0 Å². The Labute approximate surface area is 138 Å². The molecule has 0 bridgehead atoms. The van der Waals surface area contributed by atoms with Crippen molar-refractivity contribution in [3.8, 4) is 5.69 Å². The second-order valence-corrected chi connectivity index (χ2v) is 5.37. The smallest absolute Gasteiger partial charge is 0.226 e. The van der Waals surface area contributed by atoms with Crippen LogP contribution in [0.1, 0.15) is 37.3 Å². The summed E-state index contributed by atoms with van der Waals surface area (Å²) in [5.74, 6) is 1.30. The van der Waals surface area contributed by atoms with Gasteiger partial charge in [-0.15, -0.1) is 5.10 Å². The summed E-state index contributed by atoms with van der Waals surface area (Å²) in [6, 6.07) is 4.63. The van der Waals surface area contributed by atoms with E-state index in [9.17, 15) is 4.39 Å². The molecule has 24 heavy (non-hydrogen) atoms. The van der Waals surface area contributed by atoms with E-state index in [0.29, 0.717) is 29.8 Å². The molecule has 2 heterocycles. The highest BCUT2D eigenvalue weighted by molar-refractivity contribution is 5.51. The first-order valence-corrected chi connectivity index (χ1v) is 7.77. The van der Waals surface area contributed by atoms with Crippen molar-refractivity contribution in [2.24, 2.45) is 0 Å². The fourth-order valence-corrected chi connectivity index (χ4v) is 2.21. The first-order valence-electron chi connectivity index (χ1n) is 7.77. The fourth-order valence-electron chi connectivity index (χ4n) is 2.21. The van der Waals surface area contributed by atoms with Crippen molar-refractivity contribution in [1.82, 2.24) is 30.3 Å². The van der Waals surface area contributed by atoms with Gasteiger partial charge in [0.25, 0.3) is 0 Å². The lowest BCUT2D eigenvalue weighted by Crippen LogP contribution is -2.06. The maximum absolute atomic E-state index is 14.0. The maximum atomic E-state index is 14.0. The van der Waals surface area contributed by atoms with Gasteiger partial charge in [0.2, 0.25) is 5.89 Å². The number of tetrazole rings is 1. The summed E-state index contributed by atoms with van der Waals surface area (Å²) < 4.78 is 20.5. The minimum atomic E-state index is -0.405. The van der Waals surface area contributed by atoms with Gasteiger partial charge >= 0.3 is 0 Å². The van der Waals surface area contributed by atoms with Crippen LogP contribution in [0.4, 0.5) is 10.1 Å². The molecule has 126 valence electrons. The van der Waals surface area contributed by atoms with Crippen LogP contribution < -0.4 is 5.32 Å². The molecule has 0 fully saturated rings. The topological polar surface area (TPSA) is 94.6 Å². The standard InChI is InChI=1S/C15H18FN7O/c1-3-4-5-15-18-14(20-24-15)9-17-11-6-7-12(16)13(8-11)23-10(2)19-21-22-23/h6-8,17H,3-5,9H2,1-2H3. The van der Waals surface area contributed by atoms with Crippen LogP contribution in [-0.4, -0.2) is 30.3 Å². The molecule has 1 aromatic carbocycles. The van der Waals surface area contributed by atoms with Crippen molar-refractivity contribution in [2.45, 2.75) is 39.7 Å². The number of halogens is 1. The predicted octanol–water partition coefficient (Wildman–Crippen LogP) is 2.45. The predicted molar refractivity (Wildman–Crippen MR) is 84.1 cm³/mol. The average molecular weight is 331 g/mol. The Balaban J connectivity index is 1.70. The molecule has 0 radical (unpaired) electrons. The van der Waals surface area contributed by atoms with Crippen LogP contribution in [0.2, 0.25) is 0 Å². The monoisotopic (exact) mass is 331 g/mol. The lowest BCUT2D eigenvalue weighted by Gasteiger charge is -2.08. The molecule has 1 N–H and O–H groups in total. The summed E-state index contributed by atoms with van der Waals surface area (Å²) in [6.07, 6.45) is 2.87. The zero-order valence-electron chi connectivity index (χ0n) is 13.5. The Bertz CT molecular complexity index is 814. The lowest BCUT2D eigenvalue weighted by molar-refractivity contribution is 0.370. The van der Waals surface area contributed by atoms with Crippen LogP contribution >= 0.6 is 0 Å². The van der Waals surface area contributed by atoms with Gasteiger partial charge in [-0.25, -0.2) is 4.39 Å². The Kier molecular flexibility index (Phi) is 4.78. The van der Waals surface area contributed by atoms with Crippen molar-refractivity contribution in [3.05, 3.63) is 41.6 Å². The number of hydrogen-bond donors (Lipinski definition) is 1. The molecular formula is C15H18FN7O. The summed E-state index contributed by atoms with van der Waals surface area (Å²) in [5.41, 5.74) is 0.987. The molecule has 0 unspecified atom stereocenters. The highest BCUT2D eigenvalue weighted by Crippen LogP contribution is 2.19. The van der Waals surface area contributed by atoms with E-state index in [-0.39, 0.29) is 5.69 Å². The highest BCUT2D eigenvalue weighted by atomic mass is 19.1. The fraction of sp³-hybridized carbons (Fsp3) is 0.400. The van der Waals surface area contributed by atoms with Crippen LogP contribution in [-0.2, 0) is 13.0 Å². The molecule has 0 aliphatic heterocycles. The number of hydrogen-bond acceptors (Lipinski definition) is 7. The summed E-state index contributed by atoms with van der Waals surface area (Å²) in [7, 11) is 0. The Hall–Kier alpha value is -2.84. The number of rotatable bonds is 7. The second-order valence-electron chi connectivity index (χ2n) is 5.37. The van der Waals surface area contributed by atoms with Crippen LogP contribution in [0.5, 0.6) is 0 Å². The molecule has 0 saturated heterocycles. The zero-order chi connectivity index (χ0) is 16.9. The molecule has 0 amide bonds. The summed E-state index contributed by atoms with van der Waals surface area (Å²) in [5, 5.41) is 18.2. The molecule has 0 spiro atoms. The summed E-state index contributed by atoms with van der Waals surface area (Å²) in [6.45, 7) is 4.20. The van der Waals surface area contributed by atoms with Gasteiger partial charge in [0, 0.05) is 12.1 Å². The first kappa shape index (κ1) is 16.0. The number of benzene rings is 1. The van der Waals surface area contributed by atoms with Crippen molar-refractivity contribution >= 4 is 5.69 Å². The van der Waals surface area contributed by atoms with E-state index in [1.54, 1.807) is 19.1 Å². The van der Waals surface area contributed by atoms with Gasteiger partial charge in [-0.2, -0.15) is 9.67 Å². The molecule has 3 aromatic rings. The molecule has 2 aromatic heterocycles. The van der Waals surface area contributed by atoms with Gasteiger partial charge in [0.1, 0.15) is 11.5 Å². The number of nitrogens with zero attached hydrogens (tertiary/aromatic N) is 6. The number of aryl methyl sites for hydroxylation is 2. The van der Waals surface area contributed by atoms with Crippen molar-refractivity contribution in [2.75, 3.05) is 5.32 Å². The zero-order valence-corrected chi connectivity index (χ0v) is 13.5. The number of unbranched alkanes of at least 4 members (excludes halogenated alkanes) is 1. The van der Waals surface area contributed by atoms with E-state index in [4.69, 9.17) is 4.52 Å². The summed E-state index contributed by atoms with van der Waals surface area (Å²) >= 11 is 0. The van der Waals surface area contributed by atoms with Crippen LogP contribution in [0.15, 0.2) is 22.7 Å². The molecule has 0 aliphatic carbocycles. The molecule has 0 saturated carbocycles. The van der Waals surface area contributed by atoms with Crippen molar-refractivity contribution in [3.63, 3.8) is 0 Å². The van der Waals surface area contributed by atoms with Crippen LogP contribution in [0, 0.1) is 12.7 Å². The van der Waals surface area contributed by atoms with Crippen LogP contribution in [0.3, 0.4) is 0 Å². The number of aromatic nitrogens is 6. The third kappa shape index (κ3) is 3.55. The Morgan fingerprint density at radius 1 is 1.33 bits per heavy atom. The van der Waals surface area contributed by atoms with Gasteiger partial charge in [0.05, 0.1) is 6.54 Å². The molecule has 0 aliphatic rings. The normalized spacial score (nSPS) is 11.0. The second kappa shape index (κ2) is 7.16. The Morgan fingerprint density at radius 2 is 2.21 bits per heavy atom. The van der Waals surface area contributed by atoms with E-state index in [1.165, 1.54) is 10.7 Å². The van der Waals surface area contributed by atoms with Gasteiger partial charge in [0.15, 0.2) is 11.6 Å². The van der Waals surface area contributed by atoms with Gasteiger partial charge < -0.3 is 9.84 Å². The summed E-state index contributed by atoms with van der Waals surface area (Å²) in [4.78, 5) is 4.31. The highest BCUT2D eigenvalue weighted by Gasteiger charge is 2.11. The third-order valence-corrected chi connectivity index (χ3v) is 3.50. The van der Waals surface area contributed by atoms with E-state index in [0.717, 1.165) is 19.3 Å². The van der Waals surface area contributed by atoms with Crippen molar-refractivity contribution in [1.29, 1.82) is 0 Å². The minimum absolute atomic E-state index is 0.277. The van der Waals surface area contributed by atoms with E-state index in [2.05, 4.69) is 37.9 Å². The van der Waals surface area contributed by atoms with E-state index < -0.39 is 5.82 Å². The minimum Gasteiger partial charge on any atom is -0.378 e. The van der Waals surface area contributed by atoms with Crippen LogP contribution in [0.25, 0.3) is 5.69 Å². The van der Waals surface area contributed by atoms with E-state index >= 15 is 0 Å². The first-order chi connectivity index (χ1) is 11.7. The number of anilines is 1. The van der Waals surface area contributed by atoms with Gasteiger partial charge in [-0.1, -0.05) is 18.5 Å².